The lowest BCUT2D eigenvalue weighted by Gasteiger charge is -2.39. The Bertz CT molecular complexity index is 1080. The van der Waals surface area contributed by atoms with E-state index in [9.17, 15) is 9.59 Å². The Morgan fingerprint density at radius 1 is 1.26 bits per heavy atom. The van der Waals surface area contributed by atoms with Crippen LogP contribution in [-0.4, -0.2) is 34.8 Å². The molecular formula is C23H21BrN2O4S. The van der Waals surface area contributed by atoms with Crippen LogP contribution in [0.5, 0.6) is 5.75 Å². The second-order valence-corrected chi connectivity index (χ2v) is 9.08. The molecule has 0 saturated carbocycles. The van der Waals surface area contributed by atoms with E-state index in [1.165, 1.54) is 11.8 Å². The molecule has 2 aliphatic rings. The number of esters is 1. The monoisotopic (exact) mass is 500 g/mol. The fourth-order valence-corrected chi connectivity index (χ4v) is 5.06. The number of methoxy groups -OCH3 is 1. The molecule has 6 nitrogen and oxygen atoms in total. The minimum absolute atomic E-state index is 0.0783. The van der Waals surface area contributed by atoms with Crippen molar-refractivity contribution in [3.8, 4) is 5.75 Å². The van der Waals surface area contributed by atoms with Crippen LogP contribution in [0.1, 0.15) is 30.5 Å². The van der Waals surface area contributed by atoms with Crippen molar-refractivity contribution in [1.29, 1.82) is 0 Å². The molecule has 2 heterocycles. The Labute approximate surface area is 193 Å². The number of fused-ring (bicyclic) bond motifs is 1. The smallest absolute Gasteiger partial charge is 0.338 e. The third kappa shape index (κ3) is 4.41. The van der Waals surface area contributed by atoms with Crippen LogP contribution in [0, 0.1) is 0 Å². The third-order valence-electron chi connectivity index (χ3n) is 5.13. The van der Waals surface area contributed by atoms with Crippen LogP contribution in [0.25, 0.3) is 0 Å². The maximum atomic E-state index is 13.3. The van der Waals surface area contributed by atoms with Gasteiger partial charge in [0.05, 0.1) is 18.4 Å². The highest BCUT2D eigenvalue weighted by atomic mass is 79.9. The summed E-state index contributed by atoms with van der Waals surface area (Å²) in [4.78, 5) is 32.4. The second kappa shape index (κ2) is 9.28. The number of ether oxygens (including phenoxy) is 2. The lowest BCUT2D eigenvalue weighted by Crippen LogP contribution is -2.46. The van der Waals surface area contributed by atoms with Crippen molar-refractivity contribution in [2.45, 2.75) is 26.0 Å². The fourth-order valence-electron chi connectivity index (χ4n) is 3.67. The van der Waals surface area contributed by atoms with Crippen LogP contribution in [0.4, 0.5) is 0 Å². The van der Waals surface area contributed by atoms with Crippen LogP contribution in [0.15, 0.2) is 69.3 Å². The summed E-state index contributed by atoms with van der Waals surface area (Å²) < 4.78 is 12.0. The summed E-state index contributed by atoms with van der Waals surface area (Å²) in [6.07, 6.45) is 0.377. The molecule has 4 rings (SSSR count). The zero-order chi connectivity index (χ0) is 22.0. The maximum absolute atomic E-state index is 13.3. The molecule has 0 aliphatic carbocycles. The molecule has 1 amide bonds. The summed E-state index contributed by atoms with van der Waals surface area (Å²) >= 11 is 5.01. The number of thioether (sulfide) groups is 1. The Morgan fingerprint density at radius 2 is 2.03 bits per heavy atom. The minimum Gasteiger partial charge on any atom is -0.496 e. The Hall–Kier alpha value is -2.58. The van der Waals surface area contributed by atoms with E-state index in [1.54, 1.807) is 18.9 Å². The van der Waals surface area contributed by atoms with Gasteiger partial charge in [-0.15, -0.1) is 0 Å². The first-order chi connectivity index (χ1) is 15.0. The minimum atomic E-state index is -0.677. The predicted octanol–water partition coefficient (Wildman–Crippen LogP) is 4.85. The van der Waals surface area contributed by atoms with Crippen molar-refractivity contribution < 1.29 is 19.1 Å². The van der Waals surface area contributed by atoms with Crippen molar-refractivity contribution >= 4 is 44.7 Å². The van der Waals surface area contributed by atoms with Crippen molar-refractivity contribution in [3.63, 3.8) is 0 Å². The van der Waals surface area contributed by atoms with Crippen LogP contribution in [0.3, 0.4) is 0 Å². The van der Waals surface area contributed by atoms with E-state index in [0.29, 0.717) is 39.9 Å². The number of amides is 1. The Kier molecular flexibility index (Phi) is 6.48. The van der Waals surface area contributed by atoms with E-state index < -0.39 is 12.0 Å². The zero-order valence-corrected chi connectivity index (χ0v) is 19.5. The molecule has 0 spiro atoms. The van der Waals surface area contributed by atoms with Gasteiger partial charge in [0.2, 0.25) is 5.91 Å². The van der Waals surface area contributed by atoms with Crippen molar-refractivity contribution in [3.05, 3.63) is 75.4 Å². The maximum Gasteiger partial charge on any atom is 0.338 e. The first-order valence-electron chi connectivity index (χ1n) is 9.78. The first kappa shape index (κ1) is 21.6. The topological polar surface area (TPSA) is 68.2 Å². The van der Waals surface area contributed by atoms with E-state index in [2.05, 4.69) is 20.9 Å². The van der Waals surface area contributed by atoms with Gasteiger partial charge >= 0.3 is 5.97 Å². The molecular weight excluding hydrogens is 480 g/mol. The van der Waals surface area contributed by atoms with Gasteiger partial charge in [-0.1, -0.05) is 58.0 Å². The molecule has 0 unspecified atom stereocenters. The summed E-state index contributed by atoms with van der Waals surface area (Å²) in [6, 6.07) is 14.3. The van der Waals surface area contributed by atoms with Gasteiger partial charge in [0.15, 0.2) is 5.17 Å². The number of rotatable bonds is 5. The normalized spacial score (nSPS) is 18.4. The summed E-state index contributed by atoms with van der Waals surface area (Å²) in [5.41, 5.74) is 2.46. The number of hydrogen-bond acceptors (Lipinski definition) is 6. The van der Waals surface area contributed by atoms with Crippen LogP contribution < -0.4 is 4.74 Å². The SMILES string of the molecule is COc1ccc(Br)cc1[C@@H]1C(C(=O)OCc2ccccc2)=C(C)N=C2SCCC(=O)N21. The fraction of sp³-hybridized carbons (Fsp3) is 0.261. The van der Waals surface area contributed by atoms with Gasteiger partial charge in [-0.2, -0.15) is 0 Å². The number of amidine groups is 1. The summed E-state index contributed by atoms with van der Waals surface area (Å²) in [5, 5.41) is 0.598. The van der Waals surface area contributed by atoms with Gasteiger partial charge in [-0.05, 0) is 30.7 Å². The number of allylic oxidation sites excluding steroid dienone is 1. The van der Waals surface area contributed by atoms with E-state index >= 15 is 0 Å². The average Bonchev–Trinajstić information content (AvgIpc) is 2.77. The van der Waals surface area contributed by atoms with E-state index in [4.69, 9.17) is 9.47 Å². The van der Waals surface area contributed by atoms with E-state index in [0.717, 1.165) is 10.0 Å². The summed E-state index contributed by atoms with van der Waals surface area (Å²) in [6.45, 7) is 1.92. The zero-order valence-electron chi connectivity index (χ0n) is 17.1. The van der Waals surface area contributed by atoms with Gasteiger partial charge in [0, 0.05) is 22.2 Å². The highest BCUT2D eigenvalue weighted by molar-refractivity contribution is 9.10. The van der Waals surface area contributed by atoms with Gasteiger partial charge in [-0.3, -0.25) is 9.69 Å². The molecule has 2 aromatic carbocycles. The van der Waals surface area contributed by atoms with Crippen molar-refractivity contribution in [2.24, 2.45) is 4.99 Å². The standard InChI is InChI=1S/C23H21BrN2O4S/c1-14-20(22(28)30-13-15-6-4-3-5-7-15)21(17-12-16(24)8-9-18(17)29-2)26-19(27)10-11-31-23(26)25-14/h3-9,12,21H,10-11,13H2,1-2H3/t21-/m1/s1. The van der Waals surface area contributed by atoms with Crippen molar-refractivity contribution in [1.82, 2.24) is 4.90 Å². The molecule has 8 heteroatoms. The number of hydrogen-bond donors (Lipinski definition) is 0. The average molecular weight is 501 g/mol. The second-order valence-electron chi connectivity index (χ2n) is 7.11. The molecule has 1 fully saturated rings. The summed E-state index contributed by atoms with van der Waals surface area (Å²) in [5.74, 6) is 0.668. The highest BCUT2D eigenvalue weighted by Crippen LogP contribution is 2.44. The van der Waals surface area contributed by atoms with Crippen LogP contribution >= 0.6 is 27.7 Å². The molecule has 0 aromatic heterocycles. The van der Waals surface area contributed by atoms with E-state index in [1.807, 2.05) is 48.5 Å². The Morgan fingerprint density at radius 3 is 2.77 bits per heavy atom. The Balaban J connectivity index is 1.78. The summed E-state index contributed by atoms with van der Waals surface area (Å²) in [7, 11) is 1.57. The van der Waals surface area contributed by atoms with E-state index in [-0.39, 0.29) is 12.5 Å². The molecule has 0 bridgehead atoms. The number of nitrogens with zero attached hydrogens (tertiary/aromatic N) is 2. The largest absolute Gasteiger partial charge is 0.496 e. The molecule has 0 radical (unpaired) electrons. The van der Waals surface area contributed by atoms with Gasteiger partial charge in [0.25, 0.3) is 0 Å². The molecule has 0 N–H and O–H groups in total. The van der Waals surface area contributed by atoms with Gasteiger partial charge in [-0.25, -0.2) is 9.79 Å². The van der Waals surface area contributed by atoms with Gasteiger partial charge in [0.1, 0.15) is 18.4 Å². The molecule has 1 atom stereocenters. The first-order valence-corrected chi connectivity index (χ1v) is 11.6. The molecule has 1 saturated heterocycles. The van der Waals surface area contributed by atoms with Crippen LogP contribution in [-0.2, 0) is 20.9 Å². The number of benzene rings is 2. The number of halogens is 1. The van der Waals surface area contributed by atoms with Gasteiger partial charge < -0.3 is 9.47 Å². The van der Waals surface area contributed by atoms with Crippen LogP contribution in [0.2, 0.25) is 0 Å². The van der Waals surface area contributed by atoms with Crippen molar-refractivity contribution in [2.75, 3.05) is 12.9 Å². The lowest BCUT2D eigenvalue weighted by molar-refractivity contribution is -0.141. The highest BCUT2D eigenvalue weighted by Gasteiger charge is 2.42. The number of carbonyl (C=O) groups excluding carboxylic acids is 2. The molecule has 2 aromatic rings. The number of aliphatic imine (C=N–C) groups is 1. The number of carbonyl (C=O) groups is 2. The predicted molar refractivity (Wildman–Crippen MR) is 124 cm³/mol. The quantitative estimate of drug-likeness (QED) is 0.548. The molecule has 160 valence electrons. The lowest BCUT2D eigenvalue weighted by atomic mass is 9.93. The molecule has 2 aliphatic heterocycles. The molecule has 31 heavy (non-hydrogen) atoms. The third-order valence-corrected chi connectivity index (χ3v) is 6.57.